The Morgan fingerprint density at radius 3 is 1.79 bits per heavy atom. The lowest BCUT2D eigenvalue weighted by molar-refractivity contribution is -0.145. The summed E-state index contributed by atoms with van der Waals surface area (Å²) in [5.41, 5.74) is 4.55. The van der Waals surface area contributed by atoms with Gasteiger partial charge >= 0.3 is 18.2 Å². The van der Waals surface area contributed by atoms with E-state index in [0.29, 0.717) is 0 Å². The molecule has 0 aliphatic carbocycles. The summed E-state index contributed by atoms with van der Waals surface area (Å²) in [5, 5.41) is 2.84. The molecule has 2 fully saturated rings. The van der Waals surface area contributed by atoms with Crippen LogP contribution in [0.5, 0.6) is 0 Å². The van der Waals surface area contributed by atoms with Gasteiger partial charge in [-0.2, -0.15) is 0 Å². The number of ether oxygens (including phenoxy) is 3. The summed E-state index contributed by atoms with van der Waals surface area (Å²) < 4.78 is 15.6. The zero-order valence-electron chi connectivity index (χ0n) is 20.4. The number of hydrogen-bond donors (Lipinski definition) is 2. The van der Waals surface area contributed by atoms with Crippen molar-refractivity contribution in [1.82, 2.24) is 15.1 Å². The summed E-state index contributed by atoms with van der Waals surface area (Å²) in [7, 11) is 1.24. The van der Waals surface area contributed by atoms with Gasteiger partial charge in [0.1, 0.15) is 23.3 Å². The number of hydrogen-bond acceptors (Lipinski definition) is 8. The van der Waals surface area contributed by atoms with E-state index in [1.54, 1.807) is 41.5 Å². The number of nitrogens with two attached hydrogens (primary N) is 1. The summed E-state index contributed by atoms with van der Waals surface area (Å²) in [5.74, 6) is -1.01. The Kier molecular flexibility index (Phi) is 9.39. The molecule has 0 aromatic heterocycles. The van der Waals surface area contributed by atoms with E-state index in [9.17, 15) is 19.2 Å². The second-order valence-electron chi connectivity index (χ2n) is 10.3. The Balaban J connectivity index is 0.00000544. The Hall–Kier alpha value is -2.27. The molecule has 2 aliphatic heterocycles. The Labute approximate surface area is 201 Å². The van der Waals surface area contributed by atoms with Crippen LogP contribution in [0.4, 0.5) is 9.59 Å². The second-order valence-corrected chi connectivity index (χ2v) is 10.3. The number of methoxy groups -OCH3 is 1. The lowest BCUT2D eigenvalue weighted by Crippen LogP contribution is -2.50. The topological polar surface area (TPSA) is 140 Å². The van der Waals surface area contributed by atoms with Gasteiger partial charge in [0, 0.05) is 31.6 Å². The van der Waals surface area contributed by atoms with Crippen LogP contribution in [0, 0.1) is 0 Å². The minimum absolute atomic E-state index is 0. The third-order valence-electron chi connectivity index (χ3n) is 5.01. The van der Waals surface area contributed by atoms with E-state index in [4.69, 9.17) is 19.9 Å². The molecule has 33 heavy (non-hydrogen) atoms. The highest BCUT2D eigenvalue weighted by Gasteiger charge is 2.45. The van der Waals surface area contributed by atoms with E-state index in [-0.39, 0.29) is 44.4 Å². The maximum atomic E-state index is 13.0. The van der Waals surface area contributed by atoms with E-state index < -0.39 is 53.4 Å². The van der Waals surface area contributed by atoms with Crippen LogP contribution in [0.25, 0.3) is 0 Å². The molecule has 11 nitrogen and oxygen atoms in total. The highest BCUT2D eigenvalue weighted by atomic mass is 35.5. The molecule has 0 spiro atoms. The highest BCUT2D eigenvalue weighted by molar-refractivity contribution is 5.87. The summed E-state index contributed by atoms with van der Waals surface area (Å²) in [6, 6.07) is -2.56. The molecule has 3 amide bonds. The first-order valence-corrected chi connectivity index (χ1v) is 10.7. The Morgan fingerprint density at radius 1 is 0.848 bits per heavy atom. The molecule has 2 aliphatic rings. The van der Waals surface area contributed by atoms with Crippen LogP contribution < -0.4 is 11.1 Å². The average Bonchev–Trinajstić information content (AvgIpc) is 3.22. The molecule has 0 saturated carbocycles. The van der Waals surface area contributed by atoms with Crippen molar-refractivity contribution in [2.45, 2.75) is 89.8 Å². The summed E-state index contributed by atoms with van der Waals surface area (Å²) in [6.45, 7) is 10.7. The number of rotatable bonds is 3. The number of likely N-dealkylation sites (tertiary alicyclic amines) is 2. The van der Waals surface area contributed by atoms with Crippen LogP contribution >= 0.6 is 12.4 Å². The highest BCUT2D eigenvalue weighted by Crippen LogP contribution is 2.25. The molecule has 2 saturated heterocycles. The van der Waals surface area contributed by atoms with Gasteiger partial charge in [-0.25, -0.2) is 14.4 Å². The Bertz CT molecular complexity index is 750. The molecule has 0 unspecified atom stereocenters. The van der Waals surface area contributed by atoms with Gasteiger partial charge in [-0.3, -0.25) is 14.6 Å². The van der Waals surface area contributed by atoms with E-state index in [0.717, 1.165) is 0 Å². The van der Waals surface area contributed by atoms with Crippen LogP contribution in [0.2, 0.25) is 0 Å². The van der Waals surface area contributed by atoms with E-state index in [2.05, 4.69) is 5.32 Å². The maximum Gasteiger partial charge on any atom is 0.411 e. The minimum atomic E-state index is -0.882. The van der Waals surface area contributed by atoms with Crippen molar-refractivity contribution in [2.24, 2.45) is 5.73 Å². The fourth-order valence-corrected chi connectivity index (χ4v) is 3.76. The van der Waals surface area contributed by atoms with Crippen LogP contribution in [-0.4, -0.2) is 89.4 Å². The first-order valence-electron chi connectivity index (χ1n) is 10.7. The lowest BCUT2D eigenvalue weighted by atomic mass is 10.1. The van der Waals surface area contributed by atoms with Crippen LogP contribution in [-0.2, 0) is 23.8 Å². The summed E-state index contributed by atoms with van der Waals surface area (Å²) >= 11 is 0. The van der Waals surface area contributed by atoms with E-state index in [1.165, 1.54) is 16.9 Å². The van der Waals surface area contributed by atoms with E-state index >= 15 is 0 Å². The minimum Gasteiger partial charge on any atom is -0.467 e. The van der Waals surface area contributed by atoms with Gasteiger partial charge in [-0.15, -0.1) is 12.4 Å². The molecular weight excluding hydrogens is 456 g/mol. The summed E-state index contributed by atoms with van der Waals surface area (Å²) in [6.07, 6.45) is -0.820. The SMILES string of the molecule is COC(=O)[C@@H]1C[C@H](NC(=O)[C@@H]2C[C@H](N)CN2C(=O)OC(C)(C)C)CN1C(=O)OC(C)(C)C.Cl. The van der Waals surface area contributed by atoms with Crippen molar-refractivity contribution in [1.29, 1.82) is 0 Å². The lowest BCUT2D eigenvalue weighted by Gasteiger charge is -2.28. The number of nitrogens with one attached hydrogen (secondary N) is 1. The number of halogens is 1. The number of amides is 3. The fraction of sp³-hybridized carbons (Fsp3) is 0.810. The predicted octanol–water partition coefficient (Wildman–Crippen LogP) is 1.41. The van der Waals surface area contributed by atoms with Crippen molar-refractivity contribution in [2.75, 3.05) is 20.2 Å². The van der Waals surface area contributed by atoms with Crippen molar-refractivity contribution in [3.63, 3.8) is 0 Å². The fourth-order valence-electron chi connectivity index (χ4n) is 3.76. The van der Waals surface area contributed by atoms with Gasteiger partial charge in [0.05, 0.1) is 7.11 Å². The third kappa shape index (κ3) is 7.92. The number of carbonyl (C=O) groups is 4. The maximum absolute atomic E-state index is 13.0. The van der Waals surface area contributed by atoms with Crippen LogP contribution in [0.3, 0.4) is 0 Å². The molecule has 2 rings (SSSR count). The van der Waals surface area contributed by atoms with Crippen molar-refractivity contribution in [3.8, 4) is 0 Å². The van der Waals surface area contributed by atoms with Gasteiger partial charge in [-0.1, -0.05) is 0 Å². The first-order chi connectivity index (χ1) is 14.6. The van der Waals surface area contributed by atoms with Gasteiger partial charge < -0.3 is 25.3 Å². The zero-order valence-corrected chi connectivity index (χ0v) is 21.2. The quantitative estimate of drug-likeness (QED) is 0.445. The molecule has 12 heteroatoms. The molecule has 4 atom stereocenters. The molecule has 0 aromatic carbocycles. The van der Waals surface area contributed by atoms with E-state index in [1.807, 2.05) is 0 Å². The predicted molar refractivity (Wildman–Crippen MR) is 122 cm³/mol. The van der Waals surface area contributed by atoms with Gasteiger partial charge in [0.2, 0.25) is 5.91 Å². The second kappa shape index (κ2) is 10.8. The van der Waals surface area contributed by atoms with Crippen LogP contribution in [0.15, 0.2) is 0 Å². The standard InChI is InChI=1S/C21H36N4O7.ClH/c1-20(2,3)31-18(28)24-10-12(22)8-14(24)16(26)23-13-9-15(17(27)30-7)25(11-13)19(29)32-21(4,5)6;/h12-15H,8-11,22H2,1-7H3,(H,23,26);1H/t12-,13-,14-,15-;/m0./s1. The van der Waals surface area contributed by atoms with Crippen molar-refractivity contribution >= 4 is 36.5 Å². The normalized spacial score (nSPS) is 25.2. The number of esters is 1. The van der Waals surface area contributed by atoms with Crippen molar-refractivity contribution < 1.29 is 33.4 Å². The Morgan fingerprint density at radius 2 is 1.33 bits per heavy atom. The third-order valence-corrected chi connectivity index (χ3v) is 5.01. The van der Waals surface area contributed by atoms with Crippen molar-refractivity contribution in [3.05, 3.63) is 0 Å². The molecule has 0 aromatic rings. The molecule has 3 N–H and O–H groups in total. The van der Waals surface area contributed by atoms with Gasteiger partial charge in [-0.05, 0) is 48.0 Å². The smallest absolute Gasteiger partial charge is 0.411 e. The zero-order chi connectivity index (χ0) is 24.4. The van der Waals surface area contributed by atoms with Crippen LogP contribution in [0.1, 0.15) is 54.4 Å². The monoisotopic (exact) mass is 492 g/mol. The average molecular weight is 493 g/mol. The number of carbonyl (C=O) groups excluding carboxylic acids is 4. The largest absolute Gasteiger partial charge is 0.467 e. The molecular formula is C21H37ClN4O7. The molecule has 0 radical (unpaired) electrons. The van der Waals surface area contributed by atoms with Gasteiger partial charge in [0.15, 0.2) is 0 Å². The number of nitrogens with zero attached hydrogens (tertiary/aromatic N) is 2. The first kappa shape index (κ1) is 28.8. The molecule has 2 heterocycles. The summed E-state index contributed by atoms with van der Waals surface area (Å²) in [4.78, 5) is 53.0. The molecule has 0 bridgehead atoms. The molecule has 190 valence electrons. The van der Waals surface area contributed by atoms with Gasteiger partial charge in [0.25, 0.3) is 0 Å².